The van der Waals surface area contributed by atoms with E-state index < -0.39 is 7.12 Å². The summed E-state index contributed by atoms with van der Waals surface area (Å²) in [5.41, 5.74) is 12.2. The highest BCUT2D eigenvalue weighted by atomic mass is 32.2. The average molecular weight is 520 g/mol. The van der Waals surface area contributed by atoms with Crippen molar-refractivity contribution in [3.05, 3.63) is 68.9 Å². The van der Waals surface area contributed by atoms with Gasteiger partial charge in [0.15, 0.2) is 0 Å². The number of nitrogens with zero attached hydrogens (tertiary/aromatic N) is 1. The van der Waals surface area contributed by atoms with Crippen LogP contribution in [0.15, 0.2) is 42.5 Å². The number of thiophene rings is 1. The second-order valence-electron chi connectivity index (χ2n) is 9.81. The Morgan fingerprint density at radius 2 is 2.06 bits per heavy atom. The molecule has 1 spiro atoms. The molecule has 2 aromatic carbocycles. The van der Waals surface area contributed by atoms with E-state index in [2.05, 4.69) is 18.4 Å². The number of likely N-dealkylation sites (tertiary alicyclic amines) is 1. The van der Waals surface area contributed by atoms with Gasteiger partial charge >= 0.3 is 7.12 Å². The first-order chi connectivity index (χ1) is 17.5. The maximum absolute atomic E-state index is 13.7. The van der Waals surface area contributed by atoms with Crippen LogP contribution in [0.2, 0.25) is 0 Å². The van der Waals surface area contributed by atoms with Gasteiger partial charge in [-0.1, -0.05) is 30.3 Å². The maximum Gasteiger partial charge on any atom is 0.491 e. The fourth-order valence-electron chi connectivity index (χ4n) is 5.75. The molecule has 4 heterocycles. The number of carbonyl (C=O) groups excluding carboxylic acids is 1. The van der Waals surface area contributed by atoms with Gasteiger partial charge in [-0.3, -0.25) is 4.79 Å². The molecule has 6 nitrogen and oxygen atoms in total. The Kier molecular flexibility index (Phi) is 6.38. The number of rotatable bonds is 5. The Bertz CT molecular complexity index is 1320. The minimum atomic E-state index is -0.880. The van der Waals surface area contributed by atoms with Gasteiger partial charge in [0.25, 0.3) is 5.91 Å². The van der Waals surface area contributed by atoms with E-state index in [4.69, 9.17) is 15.1 Å². The number of hydrogen-bond donors (Lipinski definition) is 2. The van der Waals surface area contributed by atoms with Crippen molar-refractivity contribution in [2.75, 3.05) is 26.0 Å². The largest absolute Gasteiger partial charge is 0.492 e. The molecule has 3 aliphatic heterocycles. The molecule has 1 saturated heterocycles. The van der Waals surface area contributed by atoms with Gasteiger partial charge in [-0.15, -0.1) is 11.3 Å². The third-order valence-corrected chi connectivity index (χ3v) is 9.70. The number of amides is 1. The van der Waals surface area contributed by atoms with Gasteiger partial charge in [-0.25, -0.2) is 0 Å². The zero-order valence-electron chi connectivity index (χ0n) is 20.3. The summed E-state index contributed by atoms with van der Waals surface area (Å²) in [5, 5.41) is 10.2. The molecule has 9 heteroatoms. The SMILES string of the molecule is CSCc1sc(C(=O)N2CCC3(CC2)COc2ccc(CN)cc23)cc1-c1cccc2c1COB2O. The van der Waals surface area contributed by atoms with Gasteiger partial charge in [0.05, 0.1) is 18.1 Å². The van der Waals surface area contributed by atoms with Gasteiger partial charge in [0, 0.05) is 41.2 Å². The van der Waals surface area contributed by atoms with Gasteiger partial charge in [0.2, 0.25) is 0 Å². The molecule has 1 fully saturated rings. The van der Waals surface area contributed by atoms with Gasteiger partial charge < -0.3 is 25.0 Å². The van der Waals surface area contributed by atoms with Gasteiger partial charge in [-0.2, -0.15) is 11.8 Å². The zero-order valence-corrected chi connectivity index (χ0v) is 21.9. The molecule has 3 aliphatic rings. The van der Waals surface area contributed by atoms with Crippen LogP contribution in [0.1, 0.15) is 44.1 Å². The van der Waals surface area contributed by atoms with Crippen LogP contribution in [0.4, 0.5) is 0 Å². The highest BCUT2D eigenvalue weighted by Gasteiger charge is 2.44. The van der Waals surface area contributed by atoms with E-state index >= 15 is 0 Å². The van der Waals surface area contributed by atoms with E-state index in [1.807, 2.05) is 35.2 Å². The van der Waals surface area contributed by atoms with Crippen molar-refractivity contribution in [2.24, 2.45) is 5.73 Å². The highest BCUT2D eigenvalue weighted by Crippen LogP contribution is 2.46. The number of nitrogens with two attached hydrogens (primary N) is 1. The second-order valence-corrected chi connectivity index (χ2v) is 11.8. The van der Waals surface area contributed by atoms with Crippen molar-refractivity contribution in [1.82, 2.24) is 4.90 Å². The molecule has 0 unspecified atom stereocenters. The Morgan fingerprint density at radius 1 is 1.22 bits per heavy atom. The normalized spacial score (nSPS) is 17.9. The second kappa shape index (κ2) is 9.54. The first-order valence-electron chi connectivity index (χ1n) is 12.3. The third kappa shape index (κ3) is 3.98. The summed E-state index contributed by atoms with van der Waals surface area (Å²) >= 11 is 3.34. The molecule has 0 saturated carbocycles. The Balaban J connectivity index is 1.25. The number of benzene rings is 2. The minimum absolute atomic E-state index is 0.0344. The Hall–Kier alpha value is -2.30. The fourth-order valence-corrected chi connectivity index (χ4v) is 7.69. The highest BCUT2D eigenvalue weighted by molar-refractivity contribution is 7.97. The topological polar surface area (TPSA) is 85.0 Å². The van der Waals surface area contributed by atoms with E-state index in [0.717, 1.165) is 56.9 Å². The molecule has 36 heavy (non-hydrogen) atoms. The van der Waals surface area contributed by atoms with Crippen molar-refractivity contribution in [3.63, 3.8) is 0 Å². The molecule has 0 radical (unpaired) electrons. The quantitative estimate of drug-likeness (QED) is 0.501. The summed E-state index contributed by atoms with van der Waals surface area (Å²) in [5.74, 6) is 1.89. The maximum atomic E-state index is 13.7. The lowest BCUT2D eigenvalue weighted by molar-refractivity contribution is 0.0651. The predicted molar refractivity (Wildman–Crippen MR) is 146 cm³/mol. The molecule has 1 amide bonds. The summed E-state index contributed by atoms with van der Waals surface area (Å²) in [6.07, 6.45) is 3.85. The van der Waals surface area contributed by atoms with Gasteiger partial charge in [-0.05, 0) is 58.9 Å². The van der Waals surface area contributed by atoms with E-state index in [1.54, 1.807) is 23.1 Å². The minimum Gasteiger partial charge on any atom is -0.492 e. The molecular weight excluding hydrogens is 491 g/mol. The first kappa shape index (κ1) is 24.1. The van der Waals surface area contributed by atoms with Crippen LogP contribution < -0.4 is 15.9 Å². The van der Waals surface area contributed by atoms with E-state index in [0.29, 0.717) is 32.8 Å². The Labute approximate surface area is 219 Å². The smallest absolute Gasteiger partial charge is 0.491 e. The van der Waals surface area contributed by atoms with Crippen molar-refractivity contribution in [1.29, 1.82) is 0 Å². The summed E-state index contributed by atoms with van der Waals surface area (Å²) < 4.78 is 11.5. The van der Waals surface area contributed by atoms with Crippen molar-refractivity contribution < 1.29 is 19.2 Å². The summed E-state index contributed by atoms with van der Waals surface area (Å²) in [6.45, 7) is 2.99. The standard InChI is InChI=1S/C27H29BN2O4S2/c1-35-15-25-19(18-3-2-4-22-20(18)14-34-28(22)32)12-24(36-25)26(31)30-9-7-27(8-10-30)16-33-23-6-5-17(13-29)11-21(23)27/h2-6,11-12,32H,7-10,13-16,29H2,1H3. The van der Waals surface area contributed by atoms with Crippen LogP contribution in [0.3, 0.4) is 0 Å². The molecule has 186 valence electrons. The number of thioether (sulfide) groups is 1. The van der Waals surface area contributed by atoms with E-state index in [9.17, 15) is 9.82 Å². The molecule has 3 N–H and O–H groups in total. The first-order valence-corrected chi connectivity index (χ1v) is 14.5. The lowest BCUT2D eigenvalue weighted by Crippen LogP contribution is -2.45. The van der Waals surface area contributed by atoms with Crippen LogP contribution in [-0.4, -0.2) is 48.9 Å². The molecule has 0 bridgehead atoms. The average Bonchev–Trinajstić information content (AvgIpc) is 3.60. The van der Waals surface area contributed by atoms with Crippen LogP contribution >= 0.6 is 23.1 Å². The summed E-state index contributed by atoms with van der Waals surface area (Å²) in [4.78, 5) is 17.6. The third-order valence-electron chi connectivity index (χ3n) is 7.81. The van der Waals surface area contributed by atoms with Crippen molar-refractivity contribution in [2.45, 2.75) is 37.2 Å². The Morgan fingerprint density at radius 3 is 2.83 bits per heavy atom. The summed E-state index contributed by atoms with van der Waals surface area (Å²) in [6, 6.07) is 14.2. The number of fused-ring (bicyclic) bond motifs is 3. The van der Waals surface area contributed by atoms with Crippen LogP contribution in [0.5, 0.6) is 5.75 Å². The fraction of sp³-hybridized carbons (Fsp3) is 0.370. The number of ether oxygens (including phenoxy) is 1. The molecule has 1 aromatic heterocycles. The molecule has 0 aliphatic carbocycles. The molecule has 3 aromatic rings. The monoisotopic (exact) mass is 520 g/mol. The van der Waals surface area contributed by atoms with Crippen LogP contribution in [0, 0.1) is 0 Å². The lowest BCUT2D eigenvalue weighted by atomic mass is 9.74. The number of hydrogen-bond acceptors (Lipinski definition) is 7. The van der Waals surface area contributed by atoms with Crippen LogP contribution in [0.25, 0.3) is 11.1 Å². The lowest BCUT2D eigenvalue weighted by Gasteiger charge is -2.38. The van der Waals surface area contributed by atoms with E-state index in [-0.39, 0.29) is 11.3 Å². The molecule has 6 rings (SSSR count). The predicted octanol–water partition coefficient (Wildman–Crippen LogP) is 3.52. The molecular formula is C27H29BN2O4S2. The van der Waals surface area contributed by atoms with Crippen molar-refractivity contribution >= 4 is 41.6 Å². The van der Waals surface area contributed by atoms with Gasteiger partial charge in [0.1, 0.15) is 5.75 Å². The number of carbonyl (C=O) groups is 1. The summed E-state index contributed by atoms with van der Waals surface area (Å²) in [7, 11) is -0.880. The van der Waals surface area contributed by atoms with Crippen LogP contribution in [-0.2, 0) is 29.0 Å². The molecule has 0 atom stereocenters. The zero-order chi connectivity index (χ0) is 24.9. The van der Waals surface area contributed by atoms with Crippen molar-refractivity contribution in [3.8, 4) is 16.9 Å². The van der Waals surface area contributed by atoms with E-state index in [1.165, 1.54) is 10.4 Å². The number of piperidine rings is 1.